The van der Waals surface area contributed by atoms with E-state index in [2.05, 4.69) is 5.32 Å². The molecule has 0 bridgehead atoms. The van der Waals surface area contributed by atoms with Gasteiger partial charge in [0.2, 0.25) is 0 Å². The quantitative estimate of drug-likeness (QED) is 0.818. The molecular weight excluding hydrogens is 270 g/mol. The number of benzene rings is 1. The van der Waals surface area contributed by atoms with Crippen LogP contribution in [-0.2, 0) is 16.0 Å². The number of para-hydroxylation sites is 1. The molecule has 0 aliphatic rings. The Labute approximate surface area is 125 Å². The van der Waals surface area contributed by atoms with Gasteiger partial charge in [-0.3, -0.25) is 0 Å². The third kappa shape index (κ3) is 5.85. The van der Waals surface area contributed by atoms with Crippen LogP contribution in [-0.4, -0.2) is 29.6 Å². The molecule has 1 unspecified atom stereocenters. The maximum Gasteiger partial charge on any atom is 0.407 e. The Bertz CT molecular complexity index is 507. The normalized spacial score (nSPS) is 14.1. The van der Waals surface area contributed by atoms with Gasteiger partial charge in [0.15, 0.2) is 0 Å². The number of ether oxygens (including phenoxy) is 1. The molecule has 0 radical (unpaired) electrons. The van der Waals surface area contributed by atoms with E-state index in [9.17, 15) is 14.7 Å². The second-order valence-corrected chi connectivity index (χ2v) is 6.43. The van der Waals surface area contributed by atoms with Gasteiger partial charge < -0.3 is 20.0 Å². The maximum atomic E-state index is 11.6. The number of phenols is 1. The van der Waals surface area contributed by atoms with E-state index in [1.54, 1.807) is 52.0 Å². The molecule has 2 N–H and O–H groups in total. The Balaban J connectivity index is 2.67. The van der Waals surface area contributed by atoms with E-state index in [-0.39, 0.29) is 12.3 Å². The van der Waals surface area contributed by atoms with Crippen molar-refractivity contribution >= 4 is 12.4 Å². The minimum Gasteiger partial charge on any atom is -0.508 e. The first-order chi connectivity index (χ1) is 9.65. The van der Waals surface area contributed by atoms with Crippen LogP contribution in [0.25, 0.3) is 0 Å². The van der Waals surface area contributed by atoms with Crippen LogP contribution in [0.2, 0.25) is 0 Å². The van der Waals surface area contributed by atoms with Crippen molar-refractivity contribution in [2.24, 2.45) is 5.41 Å². The molecule has 1 atom stereocenters. The van der Waals surface area contributed by atoms with Gasteiger partial charge in [0.1, 0.15) is 17.6 Å². The molecule has 0 aromatic heterocycles. The second-order valence-electron chi connectivity index (χ2n) is 6.43. The topological polar surface area (TPSA) is 75.6 Å². The van der Waals surface area contributed by atoms with Gasteiger partial charge in [-0.1, -0.05) is 25.1 Å². The molecule has 0 saturated heterocycles. The number of hydrogen-bond acceptors (Lipinski definition) is 4. The Morgan fingerprint density at radius 1 is 1.29 bits per heavy atom. The molecular formula is C16H23NO4. The second kappa shape index (κ2) is 6.61. The van der Waals surface area contributed by atoms with Crippen molar-refractivity contribution in [2.45, 2.75) is 39.7 Å². The van der Waals surface area contributed by atoms with Crippen molar-refractivity contribution in [1.29, 1.82) is 0 Å². The largest absolute Gasteiger partial charge is 0.508 e. The van der Waals surface area contributed by atoms with Crippen LogP contribution >= 0.6 is 0 Å². The van der Waals surface area contributed by atoms with Gasteiger partial charge >= 0.3 is 6.09 Å². The molecule has 1 amide bonds. The molecule has 0 fully saturated rings. The molecule has 5 heteroatoms. The van der Waals surface area contributed by atoms with Crippen molar-refractivity contribution in [1.82, 2.24) is 5.32 Å². The molecule has 1 rings (SSSR count). The van der Waals surface area contributed by atoms with E-state index in [0.717, 1.165) is 6.29 Å². The highest BCUT2D eigenvalue weighted by molar-refractivity contribution is 5.69. The van der Waals surface area contributed by atoms with E-state index >= 15 is 0 Å². The number of nitrogens with one attached hydrogen (secondary N) is 1. The van der Waals surface area contributed by atoms with Crippen LogP contribution in [0.1, 0.15) is 33.3 Å². The minimum atomic E-state index is -0.810. The number of carbonyl (C=O) groups is 2. The van der Waals surface area contributed by atoms with Gasteiger partial charge in [0.05, 0.1) is 0 Å². The average molecular weight is 293 g/mol. The van der Waals surface area contributed by atoms with Crippen LogP contribution in [0.5, 0.6) is 5.75 Å². The lowest BCUT2D eigenvalue weighted by atomic mass is 9.85. The molecule has 0 saturated carbocycles. The molecule has 1 aromatic carbocycles. The molecule has 5 nitrogen and oxygen atoms in total. The van der Waals surface area contributed by atoms with E-state index in [1.807, 2.05) is 0 Å². The van der Waals surface area contributed by atoms with Crippen molar-refractivity contribution in [2.75, 3.05) is 6.54 Å². The lowest BCUT2D eigenvalue weighted by molar-refractivity contribution is -0.115. The number of aromatic hydroxyl groups is 1. The predicted octanol–water partition coefficient (Wildman–Crippen LogP) is 2.66. The van der Waals surface area contributed by atoms with Gasteiger partial charge in [0, 0.05) is 12.0 Å². The number of alkyl carbamates (subject to hydrolysis) is 1. The van der Waals surface area contributed by atoms with Crippen LogP contribution in [0.15, 0.2) is 24.3 Å². The number of phenolic OH excluding ortho intramolecular Hbond substituents is 1. The van der Waals surface area contributed by atoms with E-state index < -0.39 is 17.1 Å². The third-order valence-corrected chi connectivity index (χ3v) is 2.91. The lowest BCUT2D eigenvalue weighted by Crippen LogP contribution is -2.40. The molecule has 1 aromatic rings. The molecule has 0 aliphatic carbocycles. The van der Waals surface area contributed by atoms with Crippen LogP contribution in [0.4, 0.5) is 4.79 Å². The Morgan fingerprint density at radius 2 is 1.90 bits per heavy atom. The first kappa shape index (κ1) is 17.0. The summed E-state index contributed by atoms with van der Waals surface area (Å²) in [5.41, 5.74) is -0.729. The highest BCUT2D eigenvalue weighted by atomic mass is 16.6. The summed E-state index contributed by atoms with van der Waals surface area (Å²) in [5, 5.41) is 12.4. The number of rotatable bonds is 5. The molecule has 0 spiro atoms. The highest BCUT2D eigenvalue weighted by Crippen LogP contribution is 2.25. The van der Waals surface area contributed by atoms with Gasteiger partial charge in [-0.2, -0.15) is 0 Å². The van der Waals surface area contributed by atoms with E-state index in [4.69, 9.17) is 4.74 Å². The molecule has 116 valence electrons. The zero-order chi connectivity index (χ0) is 16.1. The fourth-order valence-corrected chi connectivity index (χ4v) is 1.83. The first-order valence-electron chi connectivity index (χ1n) is 6.85. The summed E-state index contributed by atoms with van der Waals surface area (Å²) in [5.74, 6) is 0.142. The SMILES string of the molecule is CC(C=O)(CNC(=O)OC(C)(C)C)Cc1ccccc1O. The van der Waals surface area contributed by atoms with E-state index in [0.29, 0.717) is 12.0 Å². The van der Waals surface area contributed by atoms with Gasteiger partial charge in [-0.15, -0.1) is 0 Å². The standard InChI is InChI=1S/C16H23NO4/c1-15(2,3)21-14(20)17-10-16(4,11-18)9-12-7-5-6-8-13(12)19/h5-8,11,19H,9-10H2,1-4H3,(H,17,20). The van der Waals surface area contributed by atoms with Gasteiger partial charge in [-0.05, 0) is 38.8 Å². The first-order valence-corrected chi connectivity index (χ1v) is 6.85. The Kier molecular flexibility index (Phi) is 5.35. The van der Waals surface area contributed by atoms with Crippen LogP contribution < -0.4 is 5.32 Å². The van der Waals surface area contributed by atoms with Crippen molar-refractivity contribution in [3.63, 3.8) is 0 Å². The Hall–Kier alpha value is -2.04. The molecule has 0 heterocycles. The zero-order valence-electron chi connectivity index (χ0n) is 13.0. The Morgan fingerprint density at radius 3 is 2.43 bits per heavy atom. The fourth-order valence-electron chi connectivity index (χ4n) is 1.83. The fraction of sp³-hybridized carbons (Fsp3) is 0.500. The van der Waals surface area contributed by atoms with Gasteiger partial charge in [0.25, 0.3) is 0 Å². The maximum absolute atomic E-state index is 11.6. The summed E-state index contributed by atoms with van der Waals surface area (Å²) in [6.45, 7) is 7.18. The van der Waals surface area contributed by atoms with Crippen molar-refractivity contribution in [3.8, 4) is 5.75 Å². The number of hydrogen-bond donors (Lipinski definition) is 2. The van der Waals surface area contributed by atoms with Crippen LogP contribution in [0.3, 0.4) is 0 Å². The third-order valence-electron chi connectivity index (χ3n) is 2.91. The smallest absolute Gasteiger partial charge is 0.407 e. The number of amides is 1. The minimum absolute atomic E-state index is 0.139. The van der Waals surface area contributed by atoms with Crippen LogP contribution in [0, 0.1) is 5.41 Å². The van der Waals surface area contributed by atoms with Crippen molar-refractivity contribution < 1.29 is 19.4 Å². The van der Waals surface area contributed by atoms with E-state index in [1.165, 1.54) is 0 Å². The van der Waals surface area contributed by atoms with Gasteiger partial charge in [-0.25, -0.2) is 4.79 Å². The summed E-state index contributed by atoms with van der Waals surface area (Å²) in [6.07, 6.45) is 0.559. The zero-order valence-corrected chi connectivity index (χ0v) is 13.0. The lowest BCUT2D eigenvalue weighted by Gasteiger charge is -2.25. The summed E-state index contributed by atoms with van der Waals surface area (Å²) in [4.78, 5) is 23.0. The molecule has 21 heavy (non-hydrogen) atoms. The summed E-state index contributed by atoms with van der Waals surface area (Å²) in [7, 11) is 0. The summed E-state index contributed by atoms with van der Waals surface area (Å²) >= 11 is 0. The number of aldehydes is 1. The summed E-state index contributed by atoms with van der Waals surface area (Å²) in [6, 6.07) is 6.84. The molecule has 0 aliphatic heterocycles. The predicted molar refractivity (Wildman–Crippen MR) is 80.2 cm³/mol. The highest BCUT2D eigenvalue weighted by Gasteiger charge is 2.27. The number of carbonyl (C=O) groups excluding carboxylic acids is 2. The van der Waals surface area contributed by atoms with Crippen molar-refractivity contribution in [3.05, 3.63) is 29.8 Å². The summed E-state index contributed by atoms with van der Waals surface area (Å²) < 4.78 is 5.14. The monoisotopic (exact) mass is 293 g/mol. The average Bonchev–Trinajstić information content (AvgIpc) is 2.37.